The lowest BCUT2D eigenvalue weighted by Crippen LogP contribution is -2.40. The largest absolute Gasteiger partial charge is 0.355 e. The maximum atomic E-state index is 12.3. The van der Waals surface area contributed by atoms with Crippen LogP contribution in [0.4, 0.5) is 0 Å². The van der Waals surface area contributed by atoms with Crippen LogP contribution in [0.1, 0.15) is 53.4 Å². The highest BCUT2D eigenvalue weighted by atomic mass is 32.2. The third-order valence-corrected chi connectivity index (χ3v) is 4.88. The van der Waals surface area contributed by atoms with Gasteiger partial charge in [-0.2, -0.15) is 11.8 Å². The number of hydrogen-bond acceptors (Lipinski definition) is 3. The number of amides is 2. The highest BCUT2D eigenvalue weighted by molar-refractivity contribution is 7.99. The van der Waals surface area contributed by atoms with E-state index in [4.69, 9.17) is 0 Å². The van der Waals surface area contributed by atoms with E-state index in [1.807, 2.05) is 37.4 Å². The first-order valence-electron chi connectivity index (χ1n) is 8.02. The molecule has 0 bridgehead atoms. The van der Waals surface area contributed by atoms with Crippen LogP contribution in [0.2, 0.25) is 0 Å². The molecule has 0 spiro atoms. The van der Waals surface area contributed by atoms with Gasteiger partial charge in [-0.1, -0.05) is 34.1 Å². The lowest BCUT2D eigenvalue weighted by atomic mass is 9.96. The van der Waals surface area contributed by atoms with Crippen LogP contribution in [0.5, 0.6) is 0 Å². The van der Waals surface area contributed by atoms with Crippen molar-refractivity contribution in [2.24, 2.45) is 5.41 Å². The topological polar surface area (TPSA) is 49.4 Å². The number of nitrogens with one attached hydrogen (secondary N) is 1. The fourth-order valence-electron chi connectivity index (χ4n) is 2.41. The lowest BCUT2D eigenvalue weighted by Gasteiger charge is -2.24. The second-order valence-corrected chi connectivity index (χ2v) is 8.25. The number of carbonyl (C=O) groups is 2. The molecular formula is C16H30N2O2S. The fourth-order valence-corrected chi connectivity index (χ4v) is 3.50. The standard InChI is InChI=1S/C16H30N2O2S/c1-5-21-13-8-6-7-11-18(12-13)14(19)9-10-17-15(20)16(2,3)4/h13H,5-12H2,1-4H3,(H,17,20). The van der Waals surface area contributed by atoms with Crippen molar-refractivity contribution in [2.45, 2.75) is 58.6 Å². The molecule has 21 heavy (non-hydrogen) atoms. The Balaban J connectivity index is 2.38. The maximum absolute atomic E-state index is 12.3. The molecule has 0 radical (unpaired) electrons. The summed E-state index contributed by atoms with van der Waals surface area (Å²) >= 11 is 1.96. The van der Waals surface area contributed by atoms with Crippen LogP contribution >= 0.6 is 11.8 Å². The molecule has 1 aliphatic rings. The van der Waals surface area contributed by atoms with E-state index < -0.39 is 5.41 Å². The van der Waals surface area contributed by atoms with E-state index in [1.54, 1.807) is 0 Å². The van der Waals surface area contributed by atoms with E-state index in [2.05, 4.69) is 12.2 Å². The summed E-state index contributed by atoms with van der Waals surface area (Å²) in [6.45, 7) is 9.99. The van der Waals surface area contributed by atoms with Crippen molar-refractivity contribution < 1.29 is 9.59 Å². The molecule has 1 saturated heterocycles. The van der Waals surface area contributed by atoms with Crippen LogP contribution < -0.4 is 5.32 Å². The predicted molar refractivity (Wildman–Crippen MR) is 89.4 cm³/mol. The Hall–Kier alpha value is -0.710. The van der Waals surface area contributed by atoms with E-state index >= 15 is 0 Å². The molecular weight excluding hydrogens is 284 g/mol. The molecule has 5 heteroatoms. The molecule has 0 aromatic carbocycles. The molecule has 2 amide bonds. The van der Waals surface area contributed by atoms with Crippen LogP contribution in [-0.4, -0.2) is 47.4 Å². The van der Waals surface area contributed by atoms with E-state index in [9.17, 15) is 9.59 Å². The first kappa shape index (κ1) is 18.3. The van der Waals surface area contributed by atoms with Crippen molar-refractivity contribution in [3.05, 3.63) is 0 Å². The molecule has 4 nitrogen and oxygen atoms in total. The Morgan fingerprint density at radius 2 is 2.00 bits per heavy atom. The number of hydrogen-bond donors (Lipinski definition) is 1. The summed E-state index contributed by atoms with van der Waals surface area (Å²) in [5.74, 6) is 1.28. The average Bonchev–Trinajstić information content (AvgIpc) is 2.63. The van der Waals surface area contributed by atoms with Gasteiger partial charge in [0.2, 0.25) is 11.8 Å². The molecule has 1 unspecified atom stereocenters. The maximum Gasteiger partial charge on any atom is 0.225 e. The molecule has 0 saturated carbocycles. The van der Waals surface area contributed by atoms with Gasteiger partial charge in [0.1, 0.15) is 0 Å². The van der Waals surface area contributed by atoms with Crippen molar-refractivity contribution in [2.75, 3.05) is 25.4 Å². The van der Waals surface area contributed by atoms with E-state index in [0.29, 0.717) is 18.2 Å². The SMILES string of the molecule is CCSC1CCCCN(C(=O)CCNC(=O)C(C)(C)C)C1. The Morgan fingerprint density at radius 1 is 1.29 bits per heavy atom. The minimum absolute atomic E-state index is 0.00517. The Kier molecular flexibility index (Phi) is 7.57. The molecule has 0 aromatic rings. The molecule has 1 heterocycles. The van der Waals surface area contributed by atoms with Gasteiger partial charge in [0.05, 0.1) is 0 Å². The molecule has 1 N–H and O–H groups in total. The first-order chi connectivity index (χ1) is 9.84. The molecule has 122 valence electrons. The second kappa shape index (κ2) is 8.66. The quantitative estimate of drug-likeness (QED) is 0.849. The van der Waals surface area contributed by atoms with Gasteiger partial charge in [-0.05, 0) is 18.6 Å². The minimum atomic E-state index is -0.394. The number of nitrogens with zero attached hydrogens (tertiary/aromatic N) is 1. The third kappa shape index (κ3) is 6.72. The van der Waals surface area contributed by atoms with Crippen molar-refractivity contribution in [3.63, 3.8) is 0 Å². The van der Waals surface area contributed by atoms with Gasteiger partial charge in [-0.25, -0.2) is 0 Å². The fraction of sp³-hybridized carbons (Fsp3) is 0.875. The van der Waals surface area contributed by atoms with E-state index in [-0.39, 0.29) is 11.8 Å². The highest BCUT2D eigenvalue weighted by Crippen LogP contribution is 2.22. The smallest absolute Gasteiger partial charge is 0.225 e. The van der Waals surface area contributed by atoms with Gasteiger partial charge < -0.3 is 10.2 Å². The number of carbonyl (C=O) groups excluding carboxylic acids is 2. The lowest BCUT2D eigenvalue weighted by molar-refractivity contribution is -0.131. The average molecular weight is 314 g/mol. The van der Waals surface area contributed by atoms with Crippen LogP contribution in [0.3, 0.4) is 0 Å². The summed E-state index contributed by atoms with van der Waals surface area (Å²) in [4.78, 5) is 26.1. The van der Waals surface area contributed by atoms with Gasteiger partial charge in [0.25, 0.3) is 0 Å². The summed E-state index contributed by atoms with van der Waals surface area (Å²) < 4.78 is 0. The molecule has 0 aliphatic carbocycles. The van der Waals surface area contributed by atoms with Crippen molar-refractivity contribution >= 4 is 23.6 Å². The molecule has 0 aromatic heterocycles. The first-order valence-corrected chi connectivity index (χ1v) is 9.07. The van der Waals surface area contributed by atoms with Crippen molar-refractivity contribution in [3.8, 4) is 0 Å². The minimum Gasteiger partial charge on any atom is -0.355 e. The Bertz CT molecular complexity index is 353. The number of likely N-dealkylation sites (tertiary alicyclic amines) is 1. The summed E-state index contributed by atoms with van der Waals surface area (Å²) in [7, 11) is 0. The normalized spacial score (nSPS) is 20.0. The highest BCUT2D eigenvalue weighted by Gasteiger charge is 2.23. The van der Waals surface area contributed by atoms with Crippen LogP contribution in [-0.2, 0) is 9.59 Å². The molecule has 1 fully saturated rings. The van der Waals surface area contributed by atoms with Crippen molar-refractivity contribution in [1.82, 2.24) is 10.2 Å². The number of thioether (sulfide) groups is 1. The Labute approximate surface area is 133 Å². The number of rotatable bonds is 5. The predicted octanol–water partition coefficient (Wildman–Crippen LogP) is 2.67. The van der Waals surface area contributed by atoms with Crippen LogP contribution in [0.25, 0.3) is 0 Å². The van der Waals surface area contributed by atoms with E-state index in [0.717, 1.165) is 25.3 Å². The van der Waals surface area contributed by atoms with Crippen molar-refractivity contribution in [1.29, 1.82) is 0 Å². The Morgan fingerprint density at radius 3 is 2.62 bits per heavy atom. The second-order valence-electron chi connectivity index (χ2n) is 6.67. The van der Waals surface area contributed by atoms with Crippen LogP contribution in [0.15, 0.2) is 0 Å². The van der Waals surface area contributed by atoms with Gasteiger partial charge in [0.15, 0.2) is 0 Å². The van der Waals surface area contributed by atoms with E-state index in [1.165, 1.54) is 12.8 Å². The zero-order valence-electron chi connectivity index (χ0n) is 13.9. The third-order valence-electron chi connectivity index (χ3n) is 3.69. The van der Waals surface area contributed by atoms with Gasteiger partial charge in [-0.3, -0.25) is 9.59 Å². The molecule has 1 rings (SSSR count). The summed E-state index contributed by atoms with van der Waals surface area (Å²) in [5.41, 5.74) is -0.394. The zero-order chi connectivity index (χ0) is 15.9. The van der Waals surface area contributed by atoms with Gasteiger partial charge in [-0.15, -0.1) is 0 Å². The monoisotopic (exact) mass is 314 g/mol. The van der Waals surface area contributed by atoms with Crippen LogP contribution in [0, 0.1) is 5.41 Å². The molecule has 1 aliphatic heterocycles. The summed E-state index contributed by atoms with van der Waals surface area (Å²) in [5, 5.41) is 3.43. The summed E-state index contributed by atoms with van der Waals surface area (Å²) in [6, 6.07) is 0. The van der Waals surface area contributed by atoms with Gasteiger partial charge in [0, 0.05) is 36.7 Å². The van der Waals surface area contributed by atoms with Gasteiger partial charge >= 0.3 is 0 Å². The summed E-state index contributed by atoms with van der Waals surface area (Å²) in [6.07, 6.45) is 3.93. The zero-order valence-corrected chi connectivity index (χ0v) is 14.7. The molecule has 1 atom stereocenters.